The minimum atomic E-state index is -0.619. The highest BCUT2D eigenvalue weighted by molar-refractivity contribution is 9.10. The van der Waals surface area contributed by atoms with E-state index in [1.54, 1.807) is 24.8 Å². The first kappa shape index (κ1) is 17.9. The molecule has 0 fully saturated rings. The summed E-state index contributed by atoms with van der Waals surface area (Å²) < 4.78 is 5.32. The van der Waals surface area contributed by atoms with Gasteiger partial charge in [0.05, 0.1) is 16.0 Å². The molecular formula is C13H17BrN2O4S. The Morgan fingerprint density at radius 2 is 2.29 bits per heavy atom. The van der Waals surface area contributed by atoms with Gasteiger partial charge in [-0.15, -0.1) is 0 Å². The zero-order valence-electron chi connectivity index (χ0n) is 11.6. The smallest absolute Gasteiger partial charge is 0.322 e. The lowest BCUT2D eigenvalue weighted by molar-refractivity contribution is -0.385. The van der Waals surface area contributed by atoms with Crippen LogP contribution in [0, 0.1) is 10.1 Å². The molecule has 1 unspecified atom stereocenters. The van der Waals surface area contributed by atoms with Gasteiger partial charge in [0.15, 0.2) is 0 Å². The standard InChI is InChI=1S/C13H17BrN2O4S/c1-2-20-13(17)10(15)6-7-21-8-9-4-3-5-11(12(9)14)16(18)19/h3-5,10H,2,6-8,15H2,1H3. The number of nitro groups is 1. The number of carbonyl (C=O) groups is 1. The van der Waals surface area contributed by atoms with Crippen LogP contribution in [0.2, 0.25) is 0 Å². The summed E-state index contributed by atoms with van der Waals surface area (Å²) in [6.07, 6.45) is 0.510. The van der Waals surface area contributed by atoms with Crippen molar-refractivity contribution in [2.75, 3.05) is 12.4 Å². The van der Waals surface area contributed by atoms with Crippen LogP contribution in [0.25, 0.3) is 0 Å². The van der Waals surface area contributed by atoms with E-state index in [1.807, 2.05) is 6.07 Å². The highest BCUT2D eigenvalue weighted by atomic mass is 79.9. The van der Waals surface area contributed by atoms with Gasteiger partial charge in [0.1, 0.15) is 6.04 Å². The minimum absolute atomic E-state index is 0.0522. The number of nitrogens with two attached hydrogens (primary N) is 1. The van der Waals surface area contributed by atoms with Gasteiger partial charge in [-0.05, 0) is 40.6 Å². The highest BCUT2D eigenvalue weighted by Gasteiger charge is 2.16. The highest BCUT2D eigenvalue weighted by Crippen LogP contribution is 2.30. The third kappa shape index (κ3) is 5.64. The van der Waals surface area contributed by atoms with E-state index in [4.69, 9.17) is 10.5 Å². The number of rotatable bonds is 8. The molecule has 6 nitrogen and oxygen atoms in total. The predicted molar refractivity (Wildman–Crippen MR) is 86.2 cm³/mol. The molecule has 0 aliphatic heterocycles. The van der Waals surface area contributed by atoms with E-state index in [0.717, 1.165) is 5.56 Å². The molecule has 0 radical (unpaired) electrons. The van der Waals surface area contributed by atoms with Crippen molar-refractivity contribution in [1.29, 1.82) is 0 Å². The summed E-state index contributed by atoms with van der Waals surface area (Å²) >= 11 is 4.82. The average Bonchev–Trinajstić information content (AvgIpc) is 2.44. The van der Waals surface area contributed by atoms with E-state index in [1.165, 1.54) is 6.07 Å². The van der Waals surface area contributed by atoms with Crippen LogP contribution in [0.5, 0.6) is 0 Å². The van der Waals surface area contributed by atoms with Crippen molar-refractivity contribution >= 4 is 39.3 Å². The van der Waals surface area contributed by atoms with Gasteiger partial charge in [-0.25, -0.2) is 0 Å². The molecule has 1 rings (SSSR count). The van der Waals surface area contributed by atoms with Crippen molar-refractivity contribution in [3.63, 3.8) is 0 Å². The first-order chi connectivity index (χ1) is 9.97. The summed E-state index contributed by atoms with van der Waals surface area (Å²) in [5, 5.41) is 10.8. The summed E-state index contributed by atoms with van der Waals surface area (Å²) in [5.41, 5.74) is 6.59. The van der Waals surface area contributed by atoms with Crippen LogP contribution in [0.4, 0.5) is 5.69 Å². The fraction of sp³-hybridized carbons (Fsp3) is 0.462. The number of thioether (sulfide) groups is 1. The van der Waals surface area contributed by atoms with Crippen molar-refractivity contribution < 1.29 is 14.5 Å². The Balaban J connectivity index is 2.45. The van der Waals surface area contributed by atoms with Crippen LogP contribution in [0.3, 0.4) is 0 Å². The first-order valence-corrected chi connectivity index (χ1v) is 8.33. The third-order valence-electron chi connectivity index (χ3n) is 2.68. The molecule has 0 amide bonds. The molecule has 0 aromatic heterocycles. The quantitative estimate of drug-likeness (QED) is 0.324. The number of nitrogens with zero attached hydrogens (tertiary/aromatic N) is 1. The van der Waals surface area contributed by atoms with Gasteiger partial charge >= 0.3 is 5.97 Å². The minimum Gasteiger partial charge on any atom is -0.465 e. The molecule has 0 spiro atoms. The Morgan fingerprint density at radius 1 is 1.57 bits per heavy atom. The van der Waals surface area contributed by atoms with Crippen LogP contribution in [0.1, 0.15) is 18.9 Å². The summed E-state index contributed by atoms with van der Waals surface area (Å²) in [7, 11) is 0. The number of esters is 1. The molecule has 2 N–H and O–H groups in total. The Hall–Kier alpha value is -1.12. The van der Waals surface area contributed by atoms with Crippen molar-refractivity contribution in [3.05, 3.63) is 38.3 Å². The van der Waals surface area contributed by atoms with E-state index < -0.39 is 16.9 Å². The Bertz CT molecular complexity index is 513. The largest absolute Gasteiger partial charge is 0.465 e. The summed E-state index contributed by atoms with van der Waals surface area (Å²) in [6.45, 7) is 2.06. The zero-order valence-corrected chi connectivity index (χ0v) is 14.0. The van der Waals surface area contributed by atoms with Gasteiger partial charge < -0.3 is 10.5 Å². The predicted octanol–water partition coefficient (Wildman–Crippen LogP) is 2.87. The van der Waals surface area contributed by atoms with Crippen molar-refractivity contribution in [2.24, 2.45) is 5.73 Å². The molecule has 0 saturated carbocycles. The molecule has 1 atom stereocenters. The van der Waals surface area contributed by atoms with Crippen molar-refractivity contribution in [2.45, 2.75) is 25.1 Å². The van der Waals surface area contributed by atoms with Crippen LogP contribution in [-0.2, 0) is 15.3 Å². The summed E-state index contributed by atoms with van der Waals surface area (Å²) in [6, 6.07) is 4.32. The molecular weight excluding hydrogens is 360 g/mol. The monoisotopic (exact) mass is 376 g/mol. The molecule has 0 bridgehead atoms. The van der Waals surface area contributed by atoms with Crippen LogP contribution in [-0.4, -0.2) is 29.3 Å². The second-order valence-electron chi connectivity index (χ2n) is 4.21. The molecule has 1 aromatic carbocycles. The molecule has 116 valence electrons. The molecule has 0 aliphatic rings. The Labute approximate surface area is 135 Å². The summed E-state index contributed by atoms with van der Waals surface area (Å²) in [5.74, 6) is 0.891. The second kappa shape index (κ2) is 9.01. The van der Waals surface area contributed by atoms with Gasteiger partial charge in [-0.2, -0.15) is 11.8 Å². The van der Waals surface area contributed by atoms with Gasteiger partial charge in [-0.1, -0.05) is 12.1 Å². The van der Waals surface area contributed by atoms with Crippen LogP contribution in [0.15, 0.2) is 22.7 Å². The maximum Gasteiger partial charge on any atom is 0.322 e. The normalized spacial score (nSPS) is 12.0. The van der Waals surface area contributed by atoms with E-state index in [-0.39, 0.29) is 5.69 Å². The van der Waals surface area contributed by atoms with Crippen molar-refractivity contribution in [3.8, 4) is 0 Å². The van der Waals surface area contributed by atoms with Gasteiger partial charge in [0, 0.05) is 11.8 Å². The zero-order chi connectivity index (χ0) is 15.8. The lowest BCUT2D eigenvalue weighted by atomic mass is 10.2. The lowest BCUT2D eigenvalue weighted by Crippen LogP contribution is -2.32. The maximum absolute atomic E-state index is 11.3. The molecule has 0 heterocycles. The van der Waals surface area contributed by atoms with Crippen molar-refractivity contribution in [1.82, 2.24) is 0 Å². The van der Waals surface area contributed by atoms with Gasteiger partial charge in [-0.3, -0.25) is 14.9 Å². The number of ether oxygens (including phenoxy) is 1. The van der Waals surface area contributed by atoms with E-state index in [9.17, 15) is 14.9 Å². The van der Waals surface area contributed by atoms with Crippen LogP contribution < -0.4 is 5.73 Å². The molecule has 1 aromatic rings. The molecule has 0 aliphatic carbocycles. The Morgan fingerprint density at radius 3 is 2.90 bits per heavy atom. The first-order valence-electron chi connectivity index (χ1n) is 6.39. The average molecular weight is 377 g/mol. The van der Waals surface area contributed by atoms with E-state index in [0.29, 0.717) is 29.0 Å². The number of halogens is 1. The summed E-state index contributed by atoms with van der Waals surface area (Å²) in [4.78, 5) is 21.8. The molecule has 0 saturated heterocycles. The van der Waals surface area contributed by atoms with Gasteiger partial charge in [0.2, 0.25) is 0 Å². The van der Waals surface area contributed by atoms with E-state index >= 15 is 0 Å². The Kier molecular flexibility index (Phi) is 7.69. The number of hydrogen-bond donors (Lipinski definition) is 1. The maximum atomic E-state index is 11.3. The third-order valence-corrected chi connectivity index (χ3v) is 4.63. The van der Waals surface area contributed by atoms with E-state index in [2.05, 4.69) is 15.9 Å². The fourth-order valence-electron chi connectivity index (χ4n) is 1.58. The van der Waals surface area contributed by atoms with Gasteiger partial charge in [0.25, 0.3) is 5.69 Å². The second-order valence-corrected chi connectivity index (χ2v) is 6.11. The topological polar surface area (TPSA) is 95.5 Å². The fourth-order valence-corrected chi connectivity index (χ4v) is 3.34. The van der Waals surface area contributed by atoms with Crippen LogP contribution >= 0.6 is 27.7 Å². The number of carbonyl (C=O) groups excluding carboxylic acids is 1. The number of benzene rings is 1. The lowest BCUT2D eigenvalue weighted by Gasteiger charge is -2.10. The molecule has 8 heteroatoms. The number of hydrogen-bond acceptors (Lipinski definition) is 6. The number of nitro benzene ring substituents is 1. The molecule has 21 heavy (non-hydrogen) atoms. The SMILES string of the molecule is CCOC(=O)C(N)CCSCc1cccc([N+](=O)[O-])c1Br.